The molecule has 2 heterocycles. The molecule has 0 aliphatic rings. The lowest BCUT2D eigenvalue weighted by Crippen LogP contribution is -2.40. The summed E-state index contributed by atoms with van der Waals surface area (Å²) >= 11 is 7.43. The maximum atomic E-state index is 13.5. The number of benzene rings is 1. The molecular formula is C19H17ClFN3OS. The van der Waals surface area contributed by atoms with Crippen molar-refractivity contribution < 1.29 is 9.18 Å². The van der Waals surface area contributed by atoms with E-state index in [2.05, 4.69) is 11.6 Å². The van der Waals surface area contributed by atoms with E-state index in [-0.39, 0.29) is 10.8 Å². The Morgan fingerprint density at radius 1 is 1.50 bits per heavy atom. The molecule has 1 aromatic carbocycles. The minimum absolute atomic E-state index is 0.0105. The van der Waals surface area contributed by atoms with Gasteiger partial charge in [-0.3, -0.25) is 9.36 Å². The second-order valence-corrected chi connectivity index (χ2v) is 6.99. The van der Waals surface area contributed by atoms with Crippen molar-refractivity contribution in [3.63, 3.8) is 0 Å². The Morgan fingerprint density at radius 3 is 2.96 bits per heavy atom. The predicted octanol–water partition coefficient (Wildman–Crippen LogP) is 4.99. The van der Waals surface area contributed by atoms with E-state index >= 15 is 0 Å². The van der Waals surface area contributed by atoms with Crippen molar-refractivity contribution in [2.45, 2.75) is 13.0 Å². The predicted molar refractivity (Wildman–Crippen MR) is 104 cm³/mol. The van der Waals surface area contributed by atoms with Crippen molar-refractivity contribution >= 4 is 34.4 Å². The van der Waals surface area contributed by atoms with E-state index in [1.807, 2.05) is 22.4 Å². The van der Waals surface area contributed by atoms with E-state index in [0.717, 1.165) is 5.00 Å². The highest BCUT2D eigenvalue weighted by atomic mass is 35.5. The lowest BCUT2D eigenvalue weighted by molar-refractivity contribution is 0.0953. The van der Waals surface area contributed by atoms with Gasteiger partial charge in [-0.25, -0.2) is 9.37 Å². The number of hydrogen-bond donors (Lipinski definition) is 0. The van der Waals surface area contributed by atoms with Gasteiger partial charge in [0.1, 0.15) is 10.8 Å². The van der Waals surface area contributed by atoms with Crippen LogP contribution in [0.3, 0.4) is 0 Å². The Bertz CT molecular complexity index is 923. The van der Waals surface area contributed by atoms with E-state index in [4.69, 9.17) is 11.6 Å². The Kier molecular flexibility index (Phi) is 5.54. The monoisotopic (exact) mass is 389 g/mol. The third kappa shape index (κ3) is 3.57. The van der Waals surface area contributed by atoms with Gasteiger partial charge in [0.25, 0.3) is 0 Å². The minimum atomic E-state index is -0.532. The molecule has 0 saturated heterocycles. The smallest absolute Gasteiger partial charge is 0.220 e. The molecule has 0 aliphatic heterocycles. The van der Waals surface area contributed by atoms with Crippen molar-refractivity contribution in [3.05, 3.63) is 77.4 Å². The number of carbonyl (C=O) groups excluding carboxylic acids is 1. The fraction of sp³-hybridized carbons (Fsp3) is 0.158. The average molecular weight is 390 g/mol. The average Bonchev–Trinajstić information content (AvgIpc) is 3.31. The summed E-state index contributed by atoms with van der Waals surface area (Å²) in [5, 5.41) is 2.87. The Hall–Kier alpha value is -2.44. The van der Waals surface area contributed by atoms with Crippen LogP contribution in [-0.4, -0.2) is 27.9 Å². The first kappa shape index (κ1) is 18.4. The molecular weight excluding hydrogens is 373 g/mol. The van der Waals surface area contributed by atoms with Crippen molar-refractivity contribution in [1.82, 2.24) is 9.55 Å². The summed E-state index contributed by atoms with van der Waals surface area (Å²) in [6, 6.07) is 7.71. The maximum absolute atomic E-state index is 13.5. The number of carbonyl (C=O) groups is 1. The number of Topliss-reactive ketones (excluding diaryl/α,β-unsaturated/α-hetero) is 1. The van der Waals surface area contributed by atoms with Gasteiger partial charge in [-0.05, 0) is 42.6 Å². The highest BCUT2D eigenvalue weighted by molar-refractivity contribution is 7.12. The fourth-order valence-electron chi connectivity index (χ4n) is 2.69. The zero-order valence-corrected chi connectivity index (χ0v) is 15.7. The molecule has 1 atom stereocenters. The summed E-state index contributed by atoms with van der Waals surface area (Å²) in [6.07, 6.45) is 5.05. The molecule has 3 rings (SSSR count). The second kappa shape index (κ2) is 7.85. The van der Waals surface area contributed by atoms with Crippen molar-refractivity contribution in [2.24, 2.45) is 0 Å². The summed E-state index contributed by atoms with van der Waals surface area (Å²) in [5.74, 6) is -0.297. The summed E-state index contributed by atoms with van der Waals surface area (Å²) in [5.41, 5.74) is 0.645. The largest absolute Gasteiger partial charge is 0.358 e. The number of rotatable bonds is 7. The van der Waals surface area contributed by atoms with Gasteiger partial charge >= 0.3 is 0 Å². The Balaban J connectivity index is 1.94. The number of hydrogen-bond acceptors (Lipinski definition) is 4. The molecule has 0 bridgehead atoms. The summed E-state index contributed by atoms with van der Waals surface area (Å²) in [6.45, 7) is 5.95. The van der Waals surface area contributed by atoms with Gasteiger partial charge in [0.05, 0.1) is 11.1 Å². The van der Waals surface area contributed by atoms with Gasteiger partial charge in [-0.15, -0.1) is 17.9 Å². The quantitative estimate of drug-likeness (QED) is 0.422. The van der Waals surface area contributed by atoms with E-state index in [9.17, 15) is 9.18 Å². The van der Waals surface area contributed by atoms with E-state index < -0.39 is 11.9 Å². The summed E-state index contributed by atoms with van der Waals surface area (Å²) < 4.78 is 15.3. The molecule has 3 aromatic rings. The highest BCUT2D eigenvalue weighted by Gasteiger charge is 2.26. The molecule has 0 unspecified atom stereocenters. The minimum Gasteiger partial charge on any atom is -0.358 e. The second-order valence-electron chi connectivity index (χ2n) is 5.65. The van der Waals surface area contributed by atoms with Crippen LogP contribution in [0.5, 0.6) is 0 Å². The van der Waals surface area contributed by atoms with Crippen molar-refractivity contribution in [1.29, 1.82) is 0 Å². The number of ketones is 1. The van der Waals surface area contributed by atoms with Crippen LogP contribution >= 0.6 is 22.9 Å². The van der Waals surface area contributed by atoms with Crippen LogP contribution in [-0.2, 0) is 0 Å². The molecule has 134 valence electrons. The molecule has 7 heteroatoms. The summed E-state index contributed by atoms with van der Waals surface area (Å²) in [7, 11) is 0. The molecule has 0 radical (unpaired) electrons. The van der Waals surface area contributed by atoms with Gasteiger partial charge < -0.3 is 4.90 Å². The van der Waals surface area contributed by atoms with E-state index in [1.165, 1.54) is 23.5 Å². The van der Waals surface area contributed by atoms with Crippen LogP contribution in [0, 0.1) is 5.82 Å². The first-order chi connectivity index (χ1) is 12.5. The van der Waals surface area contributed by atoms with Gasteiger partial charge in [-0.1, -0.05) is 17.7 Å². The van der Waals surface area contributed by atoms with Crippen molar-refractivity contribution in [3.8, 4) is 5.00 Å². The standard InChI is InChI=1S/C19H17ClFN3OS/c1-3-9-23(14-6-7-16(21)15(20)12-14)13(2)18(25)19-22-8-10-24(19)17-5-4-11-26-17/h3-8,10-13H,1,9H2,2H3/t13-/m0/s1. The number of anilines is 1. The number of thiophene rings is 1. The number of nitrogens with zero attached hydrogens (tertiary/aromatic N) is 3. The molecule has 0 saturated carbocycles. The molecule has 0 N–H and O–H groups in total. The molecule has 4 nitrogen and oxygen atoms in total. The van der Waals surface area contributed by atoms with Gasteiger partial charge in [0.2, 0.25) is 5.78 Å². The first-order valence-electron chi connectivity index (χ1n) is 7.97. The lowest BCUT2D eigenvalue weighted by Gasteiger charge is -2.29. The summed E-state index contributed by atoms with van der Waals surface area (Å²) in [4.78, 5) is 19.2. The van der Waals surface area contributed by atoms with Crippen LogP contribution in [0.15, 0.2) is 60.8 Å². The fourth-order valence-corrected chi connectivity index (χ4v) is 3.58. The highest BCUT2D eigenvalue weighted by Crippen LogP contribution is 2.26. The molecule has 26 heavy (non-hydrogen) atoms. The van der Waals surface area contributed by atoms with E-state index in [1.54, 1.807) is 36.0 Å². The van der Waals surface area contributed by atoms with E-state index in [0.29, 0.717) is 18.1 Å². The van der Waals surface area contributed by atoms with Gasteiger partial charge in [-0.2, -0.15) is 0 Å². The van der Waals surface area contributed by atoms with Crippen molar-refractivity contribution in [2.75, 3.05) is 11.4 Å². The molecule has 0 aliphatic carbocycles. The molecule has 0 spiro atoms. The number of halogens is 2. The molecule has 2 aromatic heterocycles. The molecule has 0 fully saturated rings. The Morgan fingerprint density at radius 2 is 2.31 bits per heavy atom. The number of imidazole rings is 1. The maximum Gasteiger partial charge on any atom is 0.220 e. The van der Waals surface area contributed by atoms with Crippen LogP contribution in [0.25, 0.3) is 5.00 Å². The normalized spacial score (nSPS) is 12.0. The van der Waals surface area contributed by atoms with Gasteiger partial charge in [0.15, 0.2) is 5.82 Å². The SMILES string of the molecule is C=CCN(c1ccc(F)c(Cl)c1)[C@@H](C)C(=O)c1nccn1-c1cccs1. The van der Waals surface area contributed by atoms with Gasteiger partial charge in [0, 0.05) is 24.6 Å². The zero-order valence-electron chi connectivity index (χ0n) is 14.1. The first-order valence-corrected chi connectivity index (χ1v) is 9.22. The van der Waals surface area contributed by atoms with Crippen LogP contribution in [0.2, 0.25) is 5.02 Å². The third-order valence-electron chi connectivity index (χ3n) is 4.01. The van der Waals surface area contributed by atoms with Crippen LogP contribution in [0.4, 0.5) is 10.1 Å². The zero-order chi connectivity index (χ0) is 18.7. The van der Waals surface area contributed by atoms with Crippen LogP contribution < -0.4 is 4.90 Å². The topological polar surface area (TPSA) is 38.1 Å². The molecule has 0 amide bonds. The Labute approximate surface area is 160 Å². The number of aromatic nitrogens is 2. The third-order valence-corrected chi connectivity index (χ3v) is 5.17. The van der Waals surface area contributed by atoms with Crippen LogP contribution in [0.1, 0.15) is 17.5 Å². The lowest BCUT2D eigenvalue weighted by atomic mass is 10.1.